The number of rotatable bonds is 6. The number of nitrogens with zero attached hydrogens (tertiary/aromatic N) is 2. The summed E-state index contributed by atoms with van der Waals surface area (Å²) in [5.74, 6) is -0.0268. The lowest BCUT2D eigenvalue weighted by atomic mass is 10.0. The number of hydrogen-bond donors (Lipinski definition) is 2. The molecule has 3 aromatic carbocycles. The van der Waals surface area contributed by atoms with Crippen molar-refractivity contribution in [2.45, 2.75) is 25.3 Å². The second-order valence-electron chi connectivity index (χ2n) is 8.41. The van der Waals surface area contributed by atoms with Gasteiger partial charge in [0.25, 0.3) is 5.91 Å². The van der Waals surface area contributed by atoms with Crippen molar-refractivity contribution in [2.75, 3.05) is 22.1 Å². The molecule has 2 N–H and O–H groups in total. The van der Waals surface area contributed by atoms with E-state index in [9.17, 15) is 9.59 Å². The molecule has 1 aromatic heterocycles. The predicted molar refractivity (Wildman–Crippen MR) is 136 cm³/mol. The van der Waals surface area contributed by atoms with Gasteiger partial charge in [-0.25, -0.2) is 0 Å². The summed E-state index contributed by atoms with van der Waals surface area (Å²) in [6.07, 6.45) is 4.30. The van der Waals surface area contributed by atoms with Gasteiger partial charge in [0.1, 0.15) is 6.04 Å². The molecule has 1 unspecified atom stereocenters. The van der Waals surface area contributed by atoms with Crippen LogP contribution in [0.1, 0.15) is 30.9 Å². The first-order chi connectivity index (χ1) is 16.7. The van der Waals surface area contributed by atoms with Gasteiger partial charge >= 0.3 is 0 Å². The molecule has 1 atom stereocenters. The van der Waals surface area contributed by atoms with Crippen molar-refractivity contribution in [1.29, 1.82) is 0 Å². The second-order valence-corrected chi connectivity index (χ2v) is 8.41. The van der Waals surface area contributed by atoms with Crippen molar-refractivity contribution in [2.24, 2.45) is 0 Å². The van der Waals surface area contributed by atoms with Gasteiger partial charge < -0.3 is 15.5 Å². The zero-order valence-electron chi connectivity index (χ0n) is 18.8. The fourth-order valence-electron chi connectivity index (χ4n) is 4.34. The largest absolute Gasteiger partial charge is 0.368 e. The Bertz CT molecular complexity index is 1300. The van der Waals surface area contributed by atoms with Crippen LogP contribution in [0.5, 0.6) is 0 Å². The molecule has 0 radical (unpaired) electrons. The Morgan fingerprint density at radius 3 is 2.47 bits per heavy atom. The summed E-state index contributed by atoms with van der Waals surface area (Å²) >= 11 is 0. The van der Waals surface area contributed by atoms with Gasteiger partial charge in [-0.3, -0.25) is 14.6 Å². The van der Waals surface area contributed by atoms with Crippen molar-refractivity contribution < 1.29 is 9.59 Å². The first-order valence-corrected chi connectivity index (χ1v) is 11.6. The van der Waals surface area contributed by atoms with Crippen molar-refractivity contribution in [1.82, 2.24) is 4.98 Å². The topological polar surface area (TPSA) is 74.3 Å². The molecule has 1 aliphatic heterocycles. The van der Waals surface area contributed by atoms with E-state index in [2.05, 4.69) is 15.6 Å². The number of hydrogen-bond acceptors (Lipinski definition) is 4. The monoisotopic (exact) mass is 450 g/mol. The standard InChI is InChI=1S/C28H26N4O2/c33-25-13-4-5-19-32(25)23-16-14-22(15-17-23)30-28(34)27(21-8-2-1-3-9-21)31-24-12-6-10-20-11-7-18-29-26(20)24/h1-3,6-12,14-18,27,31H,4-5,13,19H2,(H,30,34). The van der Waals surface area contributed by atoms with Crippen LogP contribution in [0.15, 0.2) is 91.1 Å². The van der Waals surface area contributed by atoms with E-state index in [-0.39, 0.29) is 11.8 Å². The number of benzene rings is 3. The molecule has 34 heavy (non-hydrogen) atoms. The average Bonchev–Trinajstić information content (AvgIpc) is 2.88. The zero-order chi connectivity index (χ0) is 23.3. The van der Waals surface area contributed by atoms with Crippen LogP contribution in [0.25, 0.3) is 10.9 Å². The maximum atomic E-state index is 13.4. The van der Waals surface area contributed by atoms with Gasteiger partial charge in [-0.15, -0.1) is 0 Å². The van der Waals surface area contributed by atoms with E-state index in [4.69, 9.17) is 0 Å². The van der Waals surface area contributed by atoms with Crippen LogP contribution in [0.4, 0.5) is 17.1 Å². The summed E-state index contributed by atoms with van der Waals surface area (Å²) in [5, 5.41) is 7.43. The van der Waals surface area contributed by atoms with Crippen LogP contribution in [0, 0.1) is 0 Å². The Morgan fingerprint density at radius 2 is 1.68 bits per heavy atom. The molecule has 4 aromatic rings. The van der Waals surface area contributed by atoms with Gasteiger partial charge in [0, 0.05) is 35.9 Å². The Hall–Kier alpha value is -4.19. The lowest BCUT2D eigenvalue weighted by Gasteiger charge is -2.27. The summed E-state index contributed by atoms with van der Waals surface area (Å²) in [4.78, 5) is 32.0. The van der Waals surface area contributed by atoms with Crippen LogP contribution in [-0.2, 0) is 9.59 Å². The highest BCUT2D eigenvalue weighted by Gasteiger charge is 2.23. The number of fused-ring (bicyclic) bond motifs is 1. The second kappa shape index (κ2) is 9.75. The predicted octanol–water partition coefficient (Wildman–Crippen LogP) is 5.54. The summed E-state index contributed by atoms with van der Waals surface area (Å²) in [5.41, 5.74) is 4.00. The molecule has 2 heterocycles. The fourth-order valence-corrected chi connectivity index (χ4v) is 4.34. The van der Waals surface area contributed by atoms with Crippen molar-refractivity contribution in [3.05, 3.63) is 96.7 Å². The molecule has 1 fully saturated rings. The highest BCUT2D eigenvalue weighted by Crippen LogP contribution is 2.28. The third kappa shape index (κ3) is 4.62. The molecule has 6 nitrogen and oxygen atoms in total. The molecule has 1 aliphatic rings. The van der Waals surface area contributed by atoms with E-state index >= 15 is 0 Å². The average molecular weight is 451 g/mol. The molecule has 170 valence electrons. The van der Waals surface area contributed by atoms with E-state index in [1.807, 2.05) is 89.8 Å². The maximum Gasteiger partial charge on any atom is 0.251 e. The number of amides is 2. The molecule has 0 spiro atoms. The molecular weight excluding hydrogens is 424 g/mol. The number of anilines is 3. The molecule has 0 bridgehead atoms. The van der Waals surface area contributed by atoms with E-state index in [0.29, 0.717) is 12.1 Å². The first kappa shape index (κ1) is 21.6. The quantitative estimate of drug-likeness (QED) is 0.404. The Balaban J connectivity index is 1.38. The highest BCUT2D eigenvalue weighted by molar-refractivity contribution is 6.00. The summed E-state index contributed by atoms with van der Waals surface area (Å²) < 4.78 is 0. The van der Waals surface area contributed by atoms with Crippen LogP contribution in [0.2, 0.25) is 0 Å². The SMILES string of the molecule is O=C(Nc1ccc(N2CCCCC2=O)cc1)C(Nc1cccc2cccnc12)c1ccccc1. The third-order valence-electron chi connectivity index (χ3n) is 6.10. The minimum atomic E-state index is -0.614. The highest BCUT2D eigenvalue weighted by atomic mass is 16.2. The molecular formula is C28H26N4O2. The number of pyridine rings is 1. The molecule has 5 rings (SSSR count). The number of nitrogens with one attached hydrogen (secondary N) is 2. The maximum absolute atomic E-state index is 13.4. The van der Waals surface area contributed by atoms with Crippen molar-refractivity contribution in [3.63, 3.8) is 0 Å². The number of piperidine rings is 1. The van der Waals surface area contributed by atoms with Crippen LogP contribution < -0.4 is 15.5 Å². The lowest BCUT2D eigenvalue weighted by Crippen LogP contribution is -2.35. The summed E-state index contributed by atoms with van der Waals surface area (Å²) in [7, 11) is 0. The molecule has 0 aliphatic carbocycles. The zero-order valence-corrected chi connectivity index (χ0v) is 18.8. The summed E-state index contributed by atoms with van der Waals surface area (Å²) in [6, 6.07) is 26.3. The van der Waals surface area contributed by atoms with Crippen molar-refractivity contribution >= 4 is 39.8 Å². The van der Waals surface area contributed by atoms with E-state index in [1.165, 1.54) is 0 Å². The molecule has 2 amide bonds. The minimum Gasteiger partial charge on any atom is -0.368 e. The van der Waals surface area contributed by atoms with Crippen molar-refractivity contribution in [3.8, 4) is 0 Å². The molecule has 1 saturated heterocycles. The molecule has 0 saturated carbocycles. The Labute approximate surface area is 198 Å². The normalized spacial score (nSPS) is 14.6. The van der Waals surface area contributed by atoms with Gasteiger partial charge in [-0.05, 0) is 54.8 Å². The minimum absolute atomic E-state index is 0.153. The molecule has 6 heteroatoms. The van der Waals surface area contributed by atoms with Gasteiger partial charge in [-0.2, -0.15) is 0 Å². The van der Waals surface area contributed by atoms with Gasteiger partial charge in [-0.1, -0.05) is 48.5 Å². The number of aromatic nitrogens is 1. The number of carbonyl (C=O) groups is 2. The first-order valence-electron chi connectivity index (χ1n) is 11.6. The van der Waals surface area contributed by atoms with Gasteiger partial charge in [0.2, 0.25) is 5.91 Å². The number of carbonyl (C=O) groups excluding carboxylic acids is 2. The smallest absolute Gasteiger partial charge is 0.251 e. The van der Waals surface area contributed by atoms with Gasteiger partial charge in [0.15, 0.2) is 0 Å². The summed E-state index contributed by atoms with van der Waals surface area (Å²) in [6.45, 7) is 0.740. The third-order valence-corrected chi connectivity index (χ3v) is 6.10. The Morgan fingerprint density at radius 1 is 0.882 bits per heavy atom. The Kier molecular flexibility index (Phi) is 6.21. The van der Waals surface area contributed by atoms with Crippen LogP contribution >= 0.6 is 0 Å². The van der Waals surface area contributed by atoms with E-state index in [0.717, 1.165) is 47.2 Å². The van der Waals surface area contributed by atoms with Crippen LogP contribution in [0.3, 0.4) is 0 Å². The van der Waals surface area contributed by atoms with Crippen LogP contribution in [-0.4, -0.2) is 23.3 Å². The lowest BCUT2D eigenvalue weighted by molar-refractivity contribution is -0.119. The van der Waals surface area contributed by atoms with E-state index < -0.39 is 6.04 Å². The number of para-hydroxylation sites is 1. The van der Waals surface area contributed by atoms with Gasteiger partial charge in [0.05, 0.1) is 11.2 Å². The van der Waals surface area contributed by atoms with E-state index in [1.54, 1.807) is 6.20 Å². The fraction of sp³-hybridized carbons (Fsp3) is 0.179.